The van der Waals surface area contributed by atoms with Crippen LogP contribution in [-0.4, -0.2) is 49.5 Å². The summed E-state index contributed by atoms with van der Waals surface area (Å²) in [6, 6.07) is 0. The van der Waals surface area contributed by atoms with E-state index < -0.39 is 0 Å². The van der Waals surface area contributed by atoms with Crippen LogP contribution in [0.4, 0.5) is 0 Å². The minimum atomic E-state index is 0. The van der Waals surface area contributed by atoms with Gasteiger partial charge in [-0.3, -0.25) is 4.90 Å². The molecule has 1 aliphatic heterocycles. The van der Waals surface area contributed by atoms with E-state index in [2.05, 4.69) is 4.90 Å². The second-order valence-electron chi connectivity index (χ2n) is 4.05. The van der Waals surface area contributed by atoms with Gasteiger partial charge < -0.3 is 9.84 Å². The summed E-state index contributed by atoms with van der Waals surface area (Å²) < 4.78 is 5.26. The van der Waals surface area contributed by atoms with Crippen molar-refractivity contribution in [1.29, 1.82) is 0 Å². The van der Waals surface area contributed by atoms with Crippen molar-refractivity contribution in [2.24, 2.45) is 5.41 Å². The molecule has 0 aromatic heterocycles. The van der Waals surface area contributed by atoms with Crippen LogP contribution in [0.25, 0.3) is 0 Å². The van der Waals surface area contributed by atoms with Crippen molar-refractivity contribution in [1.82, 2.24) is 4.90 Å². The summed E-state index contributed by atoms with van der Waals surface area (Å²) in [7, 11) is 0. The van der Waals surface area contributed by atoms with Crippen molar-refractivity contribution < 1.29 is 30.9 Å². The quantitative estimate of drug-likeness (QED) is 0.779. The van der Waals surface area contributed by atoms with Gasteiger partial charge in [-0.2, -0.15) is 0 Å². The molecule has 0 bridgehead atoms. The van der Waals surface area contributed by atoms with E-state index in [9.17, 15) is 0 Å². The molecule has 0 unspecified atom stereocenters. The maximum Gasteiger partial charge on any atom is 0.0594 e. The van der Waals surface area contributed by atoms with E-state index >= 15 is 0 Å². The summed E-state index contributed by atoms with van der Waals surface area (Å²) in [5.41, 5.74) is 0.275. The molecule has 1 heterocycles. The molecule has 3 nitrogen and oxygen atoms in total. The minimum Gasteiger partial charge on any atom is -0.396 e. The van der Waals surface area contributed by atoms with Gasteiger partial charge in [0, 0.05) is 52.7 Å². The molecule has 0 amide bonds. The van der Waals surface area contributed by atoms with Gasteiger partial charge in [-0.25, -0.2) is 0 Å². The van der Waals surface area contributed by atoms with Crippen LogP contribution >= 0.6 is 0 Å². The van der Waals surface area contributed by atoms with Gasteiger partial charge in [0.1, 0.15) is 0 Å². The molecule has 2 fully saturated rings. The second-order valence-corrected chi connectivity index (χ2v) is 4.05. The Hall–Kier alpha value is 0.568. The fourth-order valence-electron chi connectivity index (χ4n) is 1.78. The molecule has 2 rings (SSSR count). The Balaban J connectivity index is 0.000000845. The Kier molecular flexibility index (Phi) is 4.37. The van der Waals surface area contributed by atoms with Gasteiger partial charge in [0.2, 0.25) is 0 Å². The predicted octanol–water partition coefficient (Wildman–Crippen LogP) is 0.0886. The first-order valence-corrected chi connectivity index (χ1v) is 4.76. The SMILES string of the molecule is OCC1(CN2CCOCC2)CC1.[W]. The zero-order chi connectivity index (χ0) is 8.44. The van der Waals surface area contributed by atoms with Crippen LogP contribution in [0.3, 0.4) is 0 Å². The number of rotatable bonds is 3. The van der Waals surface area contributed by atoms with E-state index in [0.717, 1.165) is 32.8 Å². The standard InChI is InChI=1S/C9H17NO2.W/c11-8-9(1-2-9)7-10-3-5-12-6-4-10;/h11H,1-8H2;. The molecule has 1 saturated carbocycles. The molecule has 76 valence electrons. The number of hydrogen-bond donors (Lipinski definition) is 1. The Morgan fingerprint density at radius 1 is 1.23 bits per heavy atom. The molecule has 0 radical (unpaired) electrons. The van der Waals surface area contributed by atoms with Gasteiger partial charge >= 0.3 is 0 Å². The average Bonchev–Trinajstić information content (AvgIpc) is 2.88. The van der Waals surface area contributed by atoms with Crippen LogP contribution in [0.2, 0.25) is 0 Å². The van der Waals surface area contributed by atoms with Gasteiger partial charge in [-0.15, -0.1) is 0 Å². The van der Waals surface area contributed by atoms with Crippen molar-refractivity contribution in [2.45, 2.75) is 12.8 Å². The van der Waals surface area contributed by atoms with Crippen molar-refractivity contribution in [3.63, 3.8) is 0 Å². The van der Waals surface area contributed by atoms with Crippen LogP contribution < -0.4 is 0 Å². The number of aliphatic hydroxyl groups excluding tert-OH is 1. The average molecular weight is 355 g/mol. The van der Waals surface area contributed by atoms with Gasteiger partial charge in [0.05, 0.1) is 13.2 Å². The number of hydrogen-bond acceptors (Lipinski definition) is 3. The molecular weight excluding hydrogens is 338 g/mol. The van der Waals surface area contributed by atoms with Crippen LogP contribution in [0.15, 0.2) is 0 Å². The monoisotopic (exact) mass is 355 g/mol. The molecule has 0 spiro atoms. The van der Waals surface area contributed by atoms with Gasteiger partial charge in [-0.05, 0) is 12.8 Å². The molecule has 1 saturated heterocycles. The molecule has 2 aliphatic rings. The summed E-state index contributed by atoms with van der Waals surface area (Å²) in [5.74, 6) is 0. The van der Waals surface area contributed by atoms with Crippen LogP contribution in [0.1, 0.15) is 12.8 Å². The van der Waals surface area contributed by atoms with Crippen LogP contribution in [0, 0.1) is 5.41 Å². The second kappa shape index (κ2) is 4.88. The molecule has 0 aromatic carbocycles. The summed E-state index contributed by atoms with van der Waals surface area (Å²) in [4.78, 5) is 2.41. The van der Waals surface area contributed by atoms with Crippen LogP contribution in [0.5, 0.6) is 0 Å². The fourth-order valence-corrected chi connectivity index (χ4v) is 1.78. The third-order valence-corrected chi connectivity index (χ3v) is 2.96. The van der Waals surface area contributed by atoms with Gasteiger partial charge in [0.25, 0.3) is 0 Å². The van der Waals surface area contributed by atoms with Crippen molar-refractivity contribution in [2.75, 3.05) is 39.5 Å². The van der Waals surface area contributed by atoms with E-state index in [1.54, 1.807) is 0 Å². The smallest absolute Gasteiger partial charge is 0.0594 e. The predicted molar refractivity (Wildman–Crippen MR) is 46.0 cm³/mol. The zero-order valence-electron chi connectivity index (χ0n) is 7.87. The molecular formula is C9H17NO2W. The fraction of sp³-hybridized carbons (Fsp3) is 1.00. The molecule has 1 N–H and O–H groups in total. The summed E-state index contributed by atoms with van der Waals surface area (Å²) in [6.45, 7) is 5.25. The number of aliphatic hydroxyl groups is 1. The number of nitrogens with zero attached hydrogens (tertiary/aromatic N) is 1. The van der Waals surface area contributed by atoms with Gasteiger partial charge in [0.15, 0.2) is 0 Å². The Labute approximate surface area is 93.7 Å². The summed E-state index contributed by atoms with van der Waals surface area (Å²) in [5, 5.41) is 9.13. The molecule has 0 atom stereocenters. The molecule has 1 aliphatic carbocycles. The van der Waals surface area contributed by atoms with E-state index in [4.69, 9.17) is 9.84 Å². The molecule has 13 heavy (non-hydrogen) atoms. The van der Waals surface area contributed by atoms with E-state index in [1.165, 1.54) is 12.8 Å². The van der Waals surface area contributed by atoms with Crippen molar-refractivity contribution >= 4 is 0 Å². The first-order chi connectivity index (χ1) is 5.85. The van der Waals surface area contributed by atoms with Crippen LogP contribution in [-0.2, 0) is 25.8 Å². The topological polar surface area (TPSA) is 32.7 Å². The maximum absolute atomic E-state index is 9.13. The van der Waals surface area contributed by atoms with Crippen molar-refractivity contribution in [3.05, 3.63) is 0 Å². The largest absolute Gasteiger partial charge is 0.396 e. The number of ether oxygens (including phenoxy) is 1. The third-order valence-electron chi connectivity index (χ3n) is 2.96. The van der Waals surface area contributed by atoms with E-state index in [0.29, 0.717) is 6.61 Å². The Morgan fingerprint density at radius 3 is 2.31 bits per heavy atom. The van der Waals surface area contributed by atoms with E-state index in [1.807, 2.05) is 0 Å². The zero-order valence-corrected chi connectivity index (χ0v) is 10.8. The minimum absolute atomic E-state index is 0. The summed E-state index contributed by atoms with van der Waals surface area (Å²) in [6.07, 6.45) is 2.42. The summed E-state index contributed by atoms with van der Waals surface area (Å²) >= 11 is 0. The molecule has 0 aromatic rings. The Bertz CT molecular complexity index is 156. The first-order valence-electron chi connectivity index (χ1n) is 4.76. The maximum atomic E-state index is 9.13. The Morgan fingerprint density at radius 2 is 1.85 bits per heavy atom. The van der Waals surface area contributed by atoms with Crippen molar-refractivity contribution in [3.8, 4) is 0 Å². The third kappa shape index (κ3) is 3.02. The van der Waals surface area contributed by atoms with Gasteiger partial charge in [-0.1, -0.05) is 0 Å². The van der Waals surface area contributed by atoms with E-state index in [-0.39, 0.29) is 26.5 Å². The first kappa shape index (κ1) is 11.6. The number of morpholine rings is 1. The molecule has 4 heteroatoms. The normalized spacial score (nSPS) is 26.5.